The SMILES string of the molecule is CCNC(c1ccc(F)c(OC)c1)c1cc(C)c(Cl)s1. The minimum absolute atomic E-state index is 0.00861. The van der Waals surface area contributed by atoms with Crippen LogP contribution in [0.5, 0.6) is 5.75 Å². The van der Waals surface area contributed by atoms with Crippen molar-refractivity contribution in [1.82, 2.24) is 5.32 Å². The topological polar surface area (TPSA) is 21.3 Å². The monoisotopic (exact) mass is 313 g/mol. The minimum Gasteiger partial charge on any atom is -0.494 e. The zero-order chi connectivity index (χ0) is 14.7. The van der Waals surface area contributed by atoms with Gasteiger partial charge in [0.1, 0.15) is 0 Å². The van der Waals surface area contributed by atoms with Crippen LogP contribution in [0.1, 0.15) is 29.0 Å². The van der Waals surface area contributed by atoms with Crippen molar-refractivity contribution in [3.63, 3.8) is 0 Å². The van der Waals surface area contributed by atoms with E-state index < -0.39 is 0 Å². The average molecular weight is 314 g/mol. The van der Waals surface area contributed by atoms with Gasteiger partial charge in [0.25, 0.3) is 0 Å². The van der Waals surface area contributed by atoms with Crippen molar-refractivity contribution < 1.29 is 9.13 Å². The molecular weight excluding hydrogens is 297 g/mol. The van der Waals surface area contributed by atoms with Gasteiger partial charge in [0.05, 0.1) is 17.5 Å². The van der Waals surface area contributed by atoms with Crippen molar-refractivity contribution in [2.24, 2.45) is 0 Å². The predicted molar refractivity (Wildman–Crippen MR) is 82.5 cm³/mol. The van der Waals surface area contributed by atoms with Gasteiger partial charge in [-0.3, -0.25) is 0 Å². The number of nitrogens with one attached hydrogen (secondary N) is 1. The fraction of sp³-hybridized carbons (Fsp3) is 0.333. The van der Waals surface area contributed by atoms with E-state index in [-0.39, 0.29) is 17.6 Å². The molecule has 1 heterocycles. The molecule has 1 atom stereocenters. The fourth-order valence-electron chi connectivity index (χ4n) is 2.07. The first-order valence-electron chi connectivity index (χ1n) is 6.39. The summed E-state index contributed by atoms with van der Waals surface area (Å²) in [6.45, 7) is 4.82. The summed E-state index contributed by atoms with van der Waals surface area (Å²) in [7, 11) is 1.47. The summed E-state index contributed by atoms with van der Waals surface area (Å²) >= 11 is 7.69. The highest BCUT2D eigenvalue weighted by atomic mass is 35.5. The molecule has 2 rings (SSSR count). The number of hydrogen-bond donors (Lipinski definition) is 1. The zero-order valence-electron chi connectivity index (χ0n) is 11.7. The van der Waals surface area contributed by atoms with Gasteiger partial charge in [0, 0.05) is 4.88 Å². The van der Waals surface area contributed by atoms with E-state index in [4.69, 9.17) is 16.3 Å². The van der Waals surface area contributed by atoms with Crippen LogP contribution in [0.2, 0.25) is 4.34 Å². The molecule has 20 heavy (non-hydrogen) atoms. The van der Waals surface area contributed by atoms with E-state index in [1.165, 1.54) is 13.2 Å². The van der Waals surface area contributed by atoms with Gasteiger partial charge >= 0.3 is 0 Å². The van der Waals surface area contributed by atoms with Crippen molar-refractivity contribution in [1.29, 1.82) is 0 Å². The Hall–Kier alpha value is -1.10. The van der Waals surface area contributed by atoms with Gasteiger partial charge in [0.2, 0.25) is 0 Å². The van der Waals surface area contributed by atoms with Gasteiger partial charge in [0.15, 0.2) is 11.6 Å². The Kier molecular flexibility index (Phi) is 5.02. The van der Waals surface area contributed by atoms with E-state index in [0.717, 1.165) is 26.9 Å². The number of rotatable bonds is 5. The molecule has 0 spiro atoms. The number of aryl methyl sites for hydroxylation is 1. The van der Waals surface area contributed by atoms with Gasteiger partial charge in [-0.2, -0.15) is 0 Å². The maximum absolute atomic E-state index is 13.5. The van der Waals surface area contributed by atoms with Crippen molar-refractivity contribution in [2.75, 3.05) is 13.7 Å². The minimum atomic E-state index is -0.355. The highest BCUT2D eigenvalue weighted by molar-refractivity contribution is 7.16. The van der Waals surface area contributed by atoms with Gasteiger partial charge in [-0.15, -0.1) is 11.3 Å². The molecule has 0 amide bonds. The molecule has 1 N–H and O–H groups in total. The molecule has 0 aliphatic rings. The third-order valence-electron chi connectivity index (χ3n) is 3.08. The number of hydrogen-bond acceptors (Lipinski definition) is 3. The molecule has 0 fully saturated rings. The summed E-state index contributed by atoms with van der Waals surface area (Å²) < 4.78 is 19.4. The van der Waals surface area contributed by atoms with E-state index in [1.807, 2.05) is 13.8 Å². The van der Waals surface area contributed by atoms with Crippen LogP contribution >= 0.6 is 22.9 Å². The lowest BCUT2D eigenvalue weighted by Gasteiger charge is -2.18. The first-order chi connectivity index (χ1) is 9.56. The van der Waals surface area contributed by atoms with Crippen LogP contribution in [0.15, 0.2) is 24.3 Å². The summed E-state index contributed by atoms with van der Waals surface area (Å²) in [6.07, 6.45) is 0. The average Bonchev–Trinajstić information content (AvgIpc) is 2.76. The molecule has 1 aromatic heterocycles. The lowest BCUT2D eigenvalue weighted by molar-refractivity contribution is 0.385. The Morgan fingerprint density at radius 2 is 2.15 bits per heavy atom. The number of halogens is 2. The number of ether oxygens (including phenoxy) is 1. The van der Waals surface area contributed by atoms with Gasteiger partial charge in [-0.25, -0.2) is 4.39 Å². The molecule has 0 aliphatic carbocycles. The summed E-state index contributed by atoms with van der Waals surface area (Å²) in [4.78, 5) is 1.11. The third kappa shape index (κ3) is 3.14. The predicted octanol–water partition coefficient (Wildman–Crippen LogP) is 4.56. The van der Waals surface area contributed by atoms with E-state index in [1.54, 1.807) is 23.5 Å². The van der Waals surface area contributed by atoms with Gasteiger partial charge in [-0.05, 0) is 42.8 Å². The van der Waals surface area contributed by atoms with E-state index in [0.29, 0.717) is 0 Å². The Labute approximate surface area is 127 Å². The molecule has 5 heteroatoms. The zero-order valence-corrected chi connectivity index (χ0v) is 13.2. The molecule has 0 saturated carbocycles. The van der Waals surface area contributed by atoms with Crippen molar-refractivity contribution >= 4 is 22.9 Å². The Bertz CT molecular complexity index is 580. The number of benzene rings is 1. The second-order valence-electron chi connectivity index (χ2n) is 4.49. The van der Waals surface area contributed by atoms with Crippen LogP contribution in [0.4, 0.5) is 4.39 Å². The summed E-state index contributed by atoms with van der Waals surface area (Å²) in [5, 5.41) is 3.40. The highest BCUT2D eigenvalue weighted by Gasteiger charge is 2.18. The van der Waals surface area contributed by atoms with Crippen LogP contribution in [0, 0.1) is 12.7 Å². The number of thiophene rings is 1. The van der Waals surface area contributed by atoms with Gasteiger partial charge < -0.3 is 10.1 Å². The second-order valence-corrected chi connectivity index (χ2v) is 6.18. The first-order valence-corrected chi connectivity index (χ1v) is 7.59. The summed E-state index contributed by atoms with van der Waals surface area (Å²) in [5.74, 6) is -0.100. The van der Waals surface area contributed by atoms with Crippen molar-refractivity contribution in [3.8, 4) is 5.75 Å². The fourth-order valence-corrected chi connectivity index (χ4v) is 3.39. The maximum Gasteiger partial charge on any atom is 0.165 e. The van der Waals surface area contributed by atoms with E-state index >= 15 is 0 Å². The quantitative estimate of drug-likeness (QED) is 0.874. The third-order valence-corrected chi connectivity index (χ3v) is 4.70. The van der Waals surface area contributed by atoms with Gasteiger partial charge in [-0.1, -0.05) is 24.6 Å². The van der Waals surface area contributed by atoms with Crippen LogP contribution in [0.3, 0.4) is 0 Å². The normalized spacial score (nSPS) is 12.4. The van der Waals surface area contributed by atoms with Crippen LogP contribution in [-0.2, 0) is 0 Å². The summed E-state index contributed by atoms with van der Waals surface area (Å²) in [6, 6.07) is 6.99. The maximum atomic E-state index is 13.5. The summed E-state index contributed by atoms with van der Waals surface area (Å²) in [5.41, 5.74) is 2.02. The smallest absolute Gasteiger partial charge is 0.165 e. The lowest BCUT2D eigenvalue weighted by Crippen LogP contribution is -2.21. The molecule has 1 unspecified atom stereocenters. The molecule has 0 saturated heterocycles. The van der Waals surface area contributed by atoms with Crippen LogP contribution in [-0.4, -0.2) is 13.7 Å². The largest absolute Gasteiger partial charge is 0.494 e. The van der Waals surface area contributed by atoms with Crippen molar-refractivity contribution in [3.05, 3.63) is 50.4 Å². The molecule has 0 radical (unpaired) electrons. The Morgan fingerprint density at radius 3 is 2.70 bits per heavy atom. The second kappa shape index (κ2) is 6.57. The van der Waals surface area contributed by atoms with Crippen LogP contribution in [0.25, 0.3) is 0 Å². The lowest BCUT2D eigenvalue weighted by atomic mass is 10.0. The Balaban J connectivity index is 2.42. The molecular formula is C15H17ClFNOS. The molecule has 108 valence electrons. The molecule has 1 aromatic carbocycles. The Morgan fingerprint density at radius 1 is 1.40 bits per heavy atom. The first kappa shape index (κ1) is 15.3. The van der Waals surface area contributed by atoms with E-state index in [9.17, 15) is 4.39 Å². The molecule has 0 bridgehead atoms. The van der Waals surface area contributed by atoms with Crippen molar-refractivity contribution in [2.45, 2.75) is 19.9 Å². The van der Waals surface area contributed by atoms with E-state index in [2.05, 4.69) is 11.4 Å². The molecule has 2 nitrogen and oxygen atoms in total. The number of methoxy groups -OCH3 is 1. The van der Waals surface area contributed by atoms with Crippen LogP contribution < -0.4 is 10.1 Å². The molecule has 0 aliphatic heterocycles. The molecule has 2 aromatic rings. The standard InChI is InChI=1S/C15H17ClFNOS/c1-4-18-14(13-7-9(2)15(16)20-13)10-5-6-11(17)12(8-10)19-3/h5-8,14,18H,4H2,1-3H3. The highest BCUT2D eigenvalue weighted by Crippen LogP contribution is 2.35.